The van der Waals surface area contributed by atoms with Gasteiger partial charge in [-0.15, -0.1) is 0 Å². The molecule has 2 nitrogen and oxygen atoms in total. The van der Waals surface area contributed by atoms with E-state index >= 15 is 0 Å². The van der Waals surface area contributed by atoms with Gasteiger partial charge in [-0.25, -0.2) is 0 Å². The molecule has 0 saturated heterocycles. The van der Waals surface area contributed by atoms with Gasteiger partial charge in [0.05, 0.1) is 0 Å². The minimum atomic E-state index is 0.477. The third-order valence-electron chi connectivity index (χ3n) is 14.8. The molecular weight excluding hydrogens is 677 g/mol. The molecule has 56 heavy (non-hydrogen) atoms. The average Bonchev–Trinajstić information content (AvgIpc) is 3.79. The molecule has 8 aliphatic rings. The first kappa shape index (κ1) is 34.4. The monoisotopic (exact) mass is 732 g/mol. The Kier molecular flexibility index (Phi) is 8.98. The van der Waals surface area contributed by atoms with Crippen LogP contribution in [0.3, 0.4) is 0 Å². The summed E-state index contributed by atoms with van der Waals surface area (Å²) in [5.74, 6) is 2.53. The quantitative estimate of drug-likeness (QED) is 0.245. The van der Waals surface area contributed by atoms with Crippen molar-refractivity contribution in [1.29, 1.82) is 0 Å². The van der Waals surface area contributed by atoms with Gasteiger partial charge in [-0.05, 0) is 160 Å². The van der Waals surface area contributed by atoms with Gasteiger partial charge in [-0.3, -0.25) is 0 Å². The fraction of sp³-hybridized carbons (Fsp3) is 0.370. The van der Waals surface area contributed by atoms with Crippen LogP contribution in [0.15, 0.2) is 150 Å². The lowest BCUT2D eigenvalue weighted by molar-refractivity contribution is 0.180. The second kappa shape index (κ2) is 14.6. The predicted molar refractivity (Wildman–Crippen MR) is 236 cm³/mol. The molecule has 0 radical (unpaired) electrons. The largest absolute Gasteiger partial charge is 0.344 e. The van der Waals surface area contributed by atoms with Crippen molar-refractivity contribution >= 4 is 22.6 Å². The SMILES string of the molecule is C1=CCCC(C2CC(C3C=CC=CC3)CC(n3c4c(c5cc(-c6cccc(C7=CC8C9=C(CCC=C9)N(C9=CC=CCC9)C8CC7)c6)ccc53)C=CCC4)C2)=C1. The standard InChI is InChI=1S/C54H56N2/c1-4-15-37(16-5-1)43-32-44(38-17-6-2-7-18-38)34-46(33-43)56-52-26-13-11-24-48(52)50-36-42(28-30-54(50)56)40-20-14-19-39(31-40)41-27-29-53-49(35-41)47-23-10-12-25-51(47)55(53)45-21-8-3-9-22-45/h1-6,8,10-11,14-15,17,19-21,23-24,28,30-31,35-37,43-44,46,49,53H,7,9,12-13,16,18,22,25-27,29,32-34H2. The van der Waals surface area contributed by atoms with Gasteiger partial charge >= 0.3 is 0 Å². The molecule has 1 fully saturated rings. The summed E-state index contributed by atoms with van der Waals surface area (Å²) in [6.07, 6.45) is 52.8. The van der Waals surface area contributed by atoms with Crippen molar-refractivity contribution in [3.63, 3.8) is 0 Å². The van der Waals surface area contributed by atoms with Crippen molar-refractivity contribution in [3.8, 4) is 11.1 Å². The molecule has 6 unspecified atom stereocenters. The topological polar surface area (TPSA) is 8.17 Å². The number of aromatic nitrogens is 1. The number of nitrogens with zero attached hydrogens (tertiary/aromatic N) is 2. The fourth-order valence-corrected chi connectivity index (χ4v) is 12.2. The summed E-state index contributed by atoms with van der Waals surface area (Å²) in [7, 11) is 0. The highest BCUT2D eigenvalue weighted by Crippen LogP contribution is 2.51. The van der Waals surface area contributed by atoms with Crippen LogP contribution in [0.2, 0.25) is 0 Å². The first-order valence-electron chi connectivity index (χ1n) is 22.1. The maximum absolute atomic E-state index is 2.85. The molecule has 0 N–H and O–H groups in total. The van der Waals surface area contributed by atoms with Gasteiger partial charge in [0.2, 0.25) is 0 Å². The molecule has 6 atom stereocenters. The van der Waals surface area contributed by atoms with Crippen molar-refractivity contribution in [3.05, 3.63) is 167 Å². The number of hydrogen-bond acceptors (Lipinski definition) is 1. The number of rotatable bonds is 6. The molecule has 1 aliphatic heterocycles. The van der Waals surface area contributed by atoms with E-state index in [1.54, 1.807) is 22.5 Å². The molecule has 2 heteroatoms. The Morgan fingerprint density at radius 1 is 0.661 bits per heavy atom. The van der Waals surface area contributed by atoms with Crippen molar-refractivity contribution in [2.24, 2.45) is 23.7 Å². The summed E-state index contributed by atoms with van der Waals surface area (Å²) in [5.41, 5.74) is 16.5. The van der Waals surface area contributed by atoms with E-state index in [1.807, 2.05) is 0 Å². The molecule has 2 heterocycles. The Morgan fingerprint density at radius 3 is 2.39 bits per heavy atom. The van der Waals surface area contributed by atoms with Gasteiger partial charge in [0, 0.05) is 51.6 Å². The van der Waals surface area contributed by atoms with Crippen LogP contribution in [0.4, 0.5) is 0 Å². The zero-order valence-electron chi connectivity index (χ0n) is 33.0. The Hall–Kier alpha value is -4.82. The number of allylic oxidation sites excluding steroid dienone is 17. The zero-order valence-corrected chi connectivity index (χ0v) is 33.0. The highest BCUT2D eigenvalue weighted by atomic mass is 15.2. The molecule has 2 aromatic carbocycles. The third-order valence-corrected chi connectivity index (χ3v) is 14.8. The van der Waals surface area contributed by atoms with Crippen LogP contribution in [0.5, 0.6) is 0 Å². The lowest BCUT2D eigenvalue weighted by Crippen LogP contribution is -2.35. The molecule has 1 saturated carbocycles. The molecular formula is C54H56N2. The first-order chi connectivity index (χ1) is 27.8. The maximum Gasteiger partial charge on any atom is 0.0491 e. The maximum atomic E-state index is 2.85. The zero-order chi connectivity index (χ0) is 37.0. The van der Waals surface area contributed by atoms with Crippen molar-refractivity contribution in [2.75, 3.05) is 0 Å². The van der Waals surface area contributed by atoms with Crippen molar-refractivity contribution in [1.82, 2.24) is 9.47 Å². The van der Waals surface area contributed by atoms with Crippen LogP contribution in [-0.2, 0) is 6.42 Å². The molecule has 0 bridgehead atoms. The van der Waals surface area contributed by atoms with Gasteiger partial charge < -0.3 is 9.47 Å². The van der Waals surface area contributed by atoms with E-state index in [-0.39, 0.29) is 0 Å². The predicted octanol–water partition coefficient (Wildman–Crippen LogP) is 13.9. The van der Waals surface area contributed by atoms with E-state index in [9.17, 15) is 0 Å². The van der Waals surface area contributed by atoms with Gasteiger partial charge in [0.15, 0.2) is 0 Å². The molecule has 282 valence electrons. The second-order valence-corrected chi connectivity index (χ2v) is 17.9. The Labute approximate surface area is 334 Å². The van der Waals surface area contributed by atoms with Crippen LogP contribution in [0.1, 0.15) is 106 Å². The highest BCUT2D eigenvalue weighted by molar-refractivity contribution is 5.95. The van der Waals surface area contributed by atoms with Gasteiger partial charge in [-0.2, -0.15) is 0 Å². The van der Waals surface area contributed by atoms with Gasteiger partial charge in [-0.1, -0.05) is 115 Å². The van der Waals surface area contributed by atoms with Crippen molar-refractivity contribution in [2.45, 2.75) is 102 Å². The molecule has 11 rings (SSSR count). The molecule has 1 aromatic heterocycles. The van der Waals surface area contributed by atoms with E-state index in [1.165, 1.54) is 102 Å². The number of benzene rings is 2. The number of hydrogen-bond donors (Lipinski definition) is 0. The number of fused-ring (bicyclic) bond motifs is 5. The molecule has 3 aromatic rings. The molecule has 0 amide bonds. The summed E-state index contributed by atoms with van der Waals surface area (Å²) >= 11 is 0. The van der Waals surface area contributed by atoms with Crippen LogP contribution in [-0.4, -0.2) is 15.5 Å². The van der Waals surface area contributed by atoms with E-state index in [0.29, 0.717) is 29.8 Å². The Balaban J connectivity index is 0.930. The van der Waals surface area contributed by atoms with Crippen LogP contribution >= 0.6 is 0 Å². The minimum absolute atomic E-state index is 0.477. The second-order valence-electron chi connectivity index (χ2n) is 17.9. The first-order valence-corrected chi connectivity index (χ1v) is 22.1. The smallest absolute Gasteiger partial charge is 0.0491 e. The van der Waals surface area contributed by atoms with Crippen molar-refractivity contribution < 1.29 is 0 Å². The fourth-order valence-electron chi connectivity index (χ4n) is 12.2. The van der Waals surface area contributed by atoms with E-state index in [2.05, 4.69) is 143 Å². The van der Waals surface area contributed by atoms with E-state index in [4.69, 9.17) is 0 Å². The summed E-state index contributed by atoms with van der Waals surface area (Å²) in [5, 5.41) is 1.44. The normalized spacial score (nSPS) is 29.3. The minimum Gasteiger partial charge on any atom is -0.344 e. The van der Waals surface area contributed by atoms with Crippen LogP contribution in [0, 0.1) is 23.7 Å². The lowest BCUT2D eigenvalue weighted by Gasteiger charge is -2.41. The molecule has 7 aliphatic carbocycles. The summed E-state index contributed by atoms with van der Waals surface area (Å²) in [4.78, 5) is 2.77. The van der Waals surface area contributed by atoms with E-state index < -0.39 is 0 Å². The Morgan fingerprint density at radius 2 is 1.52 bits per heavy atom. The lowest BCUT2D eigenvalue weighted by atomic mass is 9.68. The van der Waals surface area contributed by atoms with Gasteiger partial charge in [0.25, 0.3) is 0 Å². The van der Waals surface area contributed by atoms with E-state index in [0.717, 1.165) is 38.0 Å². The van der Waals surface area contributed by atoms with Crippen LogP contribution < -0.4 is 0 Å². The summed E-state index contributed by atoms with van der Waals surface area (Å²) < 4.78 is 2.85. The van der Waals surface area contributed by atoms with Crippen LogP contribution in [0.25, 0.3) is 33.7 Å². The third kappa shape index (κ3) is 6.07. The average molecular weight is 733 g/mol. The summed E-state index contributed by atoms with van der Waals surface area (Å²) in [6.45, 7) is 0. The highest BCUT2D eigenvalue weighted by Gasteiger charge is 2.42. The Bertz CT molecular complexity index is 2370. The molecule has 0 spiro atoms. The van der Waals surface area contributed by atoms with Gasteiger partial charge in [0.1, 0.15) is 0 Å². The summed E-state index contributed by atoms with van der Waals surface area (Å²) in [6, 6.07) is 18.1.